The van der Waals surface area contributed by atoms with Crippen LogP contribution in [-0.2, 0) is 9.53 Å². The van der Waals surface area contributed by atoms with Gasteiger partial charge in [0.15, 0.2) is 0 Å². The monoisotopic (exact) mass is 284 g/mol. The van der Waals surface area contributed by atoms with Crippen LogP contribution in [0.4, 0.5) is 5.69 Å². The summed E-state index contributed by atoms with van der Waals surface area (Å²) in [5.41, 5.74) is 4.96. The van der Waals surface area contributed by atoms with Gasteiger partial charge in [-0.2, -0.15) is 0 Å². The van der Waals surface area contributed by atoms with Crippen LogP contribution in [0.25, 0.3) is 10.9 Å². The van der Waals surface area contributed by atoms with Crippen LogP contribution in [0, 0.1) is 20.8 Å². The SMILES string of the molecule is Cc1cc(C)c2nc(C)cc(NC(=O)C3CCCO3)c2c1. The predicted octanol–water partition coefficient (Wildman–Crippen LogP) is 3.28. The molecule has 1 saturated heterocycles. The Labute approximate surface area is 124 Å². The molecule has 1 aliphatic rings. The maximum absolute atomic E-state index is 12.3. The molecular formula is C17H20N2O2. The van der Waals surface area contributed by atoms with Crippen LogP contribution in [0.3, 0.4) is 0 Å². The Balaban J connectivity index is 2.02. The smallest absolute Gasteiger partial charge is 0.253 e. The highest BCUT2D eigenvalue weighted by molar-refractivity contribution is 6.03. The lowest BCUT2D eigenvalue weighted by atomic mass is 10.0. The third kappa shape index (κ3) is 2.76. The molecule has 21 heavy (non-hydrogen) atoms. The zero-order chi connectivity index (χ0) is 15.0. The van der Waals surface area contributed by atoms with Gasteiger partial charge in [0.2, 0.25) is 0 Å². The number of hydrogen-bond donors (Lipinski definition) is 1. The lowest BCUT2D eigenvalue weighted by Crippen LogP contribution is -2.27. The lowest BCUT2D eigenvalue weighted by Gasteiger charge is -2.14. The van der Waals surface area contributed by atoms with Crippen molar-refractivity contribution in [3.8, 4) is 0 Å². The number of pyridine rings is 1. The molecule has 1 fully saturated rings. The Bertz CT molecular complexity index is 703. The van der Waals surface area contributed by atoms with Crippen LogP contribution < -0.4 is 5.32 Å². The largest absolute Gasteiger partial charge is 0.368 e. The van der Waals surface area contributed by atoms with Crippen molar-refractivity contribution >= 4 is 22.5 Å². The highest BCUT2D eigenvalue weighted by atomic mass is 16.5. The minimum atomic E-state index is -0.320. The second-order valence-corrected chi connectivity index (χ2v) is 5.78. The quantitative estimate of drug-likeness (QED) is 0.920. The number of benzene rings is 1. The Morgan fingerprint density at radius 3 is 2.81 bits per heavy atom. The molecule has 2 heterocycles. The van der Waals surface area contributed by atoms with E-state index < -0.39 is 0 Å². The van der Waals surface area contributed by atoms with Crippen molar-refractivity contribution in [3.05, 3.63) is 35.0 Å². The van der Waals surface area contributed by atoms with Gasteiger partial charge in [-0.05, 0) is 51.3 Å². The molecule has 1 aliphatic heterocycles. The fourth-order valence-corrected chi connectivity index (χ4v) is 2.91. The number of anilines is 1. The van der Waals surface area contributed by atoms with Crippen LogP contribution in [0.1, 0.15) is 29.7 Å². The summed E-state index contributed by atoms with van der Waals surface area (Å²) in [5, 5.41) is 4.01. The van der Waals surface area contributed by atoms with Gasteiger partial charge in [-0.25, -0.2) is 0 Å². The molecule has 1 N–H and O–H groups in total. The van der Waals surface area contributed by atoms with Gasteiger partial charge < -0.3 is 10.1 Å². The summed E-state index contributed by atoms with van der Waals surface area (Å²) in [6.45, 7) is 6.72. The van der Waals surface area contributed by atoms with Gasteiger partial charge in [-0.1, -0.05) is 11.6 Å². The van der Waals surface area contributed by atoms with Crippen LogP contribution in [0.15, 0.2) is 18.2 Å². The van der Waals surface area contributed by atoms with Crippen molar-refractivity contribution in [1.29, 1.82) is 0 Å². The van der Waals surface area contributed by atoms with E-state index in [0.29, 0.717) is 6.61 Å². The molecule has 0 saturated carbocycles. The first-order valence-electron chi connectivity index (χ1n) is 7.35. The van der Waals surface area contributed by atoms with Crippen molar-refractivity contribution in [1.82, 2.24) is 4.98 Å². The van der Waals surface area contributed by atoms with Crippen LogP contribution in [0.5, 0.6) is 0 Å². The van der Waals surface area contributed by atoms with E-state index in [-0.39, 0.29) is 12.0 Å². The summed E-state index contributed by atoms with van der Waals surface area (Å²) in [4.78, 5) is 16.9. The summed E-state index contributed by atoms with van der Waals surface area (Å²) in [5.74, 6) is -0.0569. The van der Waals surface area contributed by atoms with Crippen molar-refractivity contribution in [3.63, 3.8) is 0 Å². The summed E-state index contributed by atoms with van der Waals surface area (Å²) in [7, 11) is 0. The molecule has 0 bridgehead atoms. The van der Waals surface area contributed by atoms with Gasteiger partial charge in [0.1, 0.15) is 6.10 Å². The number of nitrogens with one attached hydrogen (secondary N) is 1. The third-order valence-corrected chi connectivity index (χ3v) is 3.86. The Kier molecular flexibility index (Phi) is 3.64. The minimum Gasteiger partial charge on any atom is -0.368 e. The van der Waals surface area contributed by atoms with E-state index in [1.807, 2.05) is 19.9 Å². The lowest BCUT2D eigenvalue weighted by molar-refractivity contribution is -0.124. The number of aryl methyl sites for hydroxylation is 3. The van der Waals surface area contributed by atoms with Gasteiger partial charge in [0.25, 0.3) is 5.91 Å². The molecule has 1 aromatic carbocycles. The Morgan fingerprint density at radius 1 is 1.29 bits per heavy atom. The first-order valence-corrected chi connectivity index (χ1v) is 7.35. The number of aromatic nitrogens is 1. The van der Waals surface area contributed by atoms with Crippen molar-refractivity contribution in [2.45, 2.75) is 39.7 Å². The van der Waals surface area contributed by atoms with Crippen molar-refractivity contribution < 1.29 is 9.53 Å². The zero-order valence-electron chi connectivity index (χ0n) is 12.7. The summed E-state index contributed by atoms with van der Waals surface area (Å²) in [6, 6.07) is 6.11. The number of hydrogen-bond acceptors (Lipinski definition) is 3. The van der Waals surface area contributed by atoms with Gasteiger partial charge in [0.05, 0.1) is 11.2 Å². The van der Waals surface area contributed by atoms with E-state index in [1.54, 1.807) is 0 Å². The molecule has 0 radical (unpaired) electrons. The highest BCUT2D eigenvalue weighted by Crippen LogP contribution is 2.27. The molecule has 1 unspecified atom stereocenters. The van der Waals surface area contributed by atoms with E-state index in [2.05, 4.69) is 29.4 Å². The fraction of sp³-hybridized carbons (Fsp3) is 0.412. The second kappa shape index (κ2) is 5.45. The molecule has 0 aliphatic carbocycles. The molecule has 3 rings (SSSR count). The van der Waals surface area contributed by atoms with Gasteiger partial charge in [-0.3, -0.25) is 9.78 Å². The van der Waals surface area contributed by atoms with Gasteiger partial charge in [-0.15, -0.1) is 0 Å². The fourth-order valence-electron chi connectivity index (χ4n) is 2.91. The third-order valence-electron chi connectivity index (χ3n) is 3.86. The van der Waals surface area contributed by atoms with Crippen molar-refractivity contribution in [2.24, 2.45) is 0 Å². The number of carbonyl (C=O) groups is 1. The number of fused-ring (bicyclic) bond motifs is 1. The molecule has 1 aromatic heterocycles. The summed E-state index contributed by atoms with van der Waals surface area (Å²) in [6.07, 6.45) is 1.43. The van der Waals surface area contributed by atoms with Gasteiger partial charge in [0, 0.05) is 17.7 Å². The Hall–Kier alpha value is -1.94. The molecule has 110 valence electrons. The minimum absolute atomic E-state index is 0.0569. The van der Waals surface area contributed by atoms with Gasteiger partial charge >= 0.3 is 0 Å². The first kappa shape index (κ1) is 14.0. The van der Waals surface area contributed by atoms with Crippen molar-refractivity contribution in [2.75, 3.05) is 11.9 Å². The number of carbonyl (C=O) groups excluding carboxylic acids is 1. The topological polar surface area (TPSA) is 51.2 Å². The predicted molar refractivity (Wildman–Crippen MR) is 83.6 cm³/mol. The maximum atomic E-state index is 12.3. The molecule has 1 amide bonds. The van der Waals surface area contributed by atoms with Crippen LogP contribution >= 0.6 is 0 Å². The summed E-state index contributed by atoms with van der Waals surface area (Å²) >= 11 is 0. The van der Waals surface area contributed by atoms with Crippen LogP contribution in [-0.4, -0.2) is 23.6 Å². The normalized spacial score (nSPS) is 18.1. The summed E-state index contributed by atoms with van der Waals surface area (Å²) < 4.78 is 5.45. The maximum Gasteiger partial charge on any atom is 0.253 e. The number of ether oxygens (including phenoxy) is 1. The van der Waals surface area contributed by atoms with Crippen LogP contribution in [0.2, 0.25) is 0 Å². The average molecular weight is 284 g/mol. The molecule has 4 heteroatoms. The molecule has 0 spiro atoms. The average Bonchev–Trinajstić information content (AvgIpc) is 2.94. The molecule has 1 atom stereocenters. The highest BCUT2D eigenvalue weighted by Gasteiger charge is 2.24. The molecule has 2 aromatic rings. The molecular weight excluding hydrogens is 264 g/mol. The molecule has 4 nitrogen and oxygen atoms in total. The van der Waals surface area contributed by atoms with E-state index in [0.717, 1.165) is 40.7 Å². The van der Waals surface area contributed by atoms with E-state index in [1.165, 1.54) is 5.56 Å². The Morgan fingerprint density at radius 2 is 2.10 bits per heavy atom. The zero-order valence-corrected chi connectivity index (χ0v) is 12.7. The number of rotatable bonds is 2. The standard InChI is InChI=1S/C17H20N2O2/c1-10-7-11(2)16-13(8-10)14(9-12(3)18-16)19-17(20)15-5-4-6-21-15/h7-9,15H,4-6H2,1-3H3,(H,18,19,20). The van der Waals surface area contributed by atoms with E-state index >= 15 is 0 Å². The number of nitrogens with zero attached hydrogens (tertiary/aromatic N) is 1. The number of amides is 1. The van der Waals surface area contributed by atoms with E-state index in [9.17, 15) is 4.79 Å². The van der Waals surface area contributed by atoms with E-state index in [4.69, 9.17) is 4.74 Å². The first-order chi connectivity index (χ1) is 10.0. The second-order valence-electron chi connectivity index (χ2n) is 5.78.